The van der Waals surface area contributed by atoms with Gasteiger partial charge in [-0.15, -0.1) is 15.0 Å². The third-order valence-corrected chi connectivity index (χ3v) is 4.57. The Bertz CT molecular complexity index is 1050. The summed E-state index contributed by atoms with van der Waals surface area (Å²) in [6.07, 6.45) is 0.633. The van der Waals surface area contributed by atoms with Crippen LogP contribution in [-0.2, 0) is 11.4 Å². The van der Waals surface area contributed by atoms with Crippen LogP contribution in [-0.4, -0.2) is 69.5 Å². The van der Waals surface area contributed by atoms with Gasteiger partial charge < -0.3 is 10.5 Å². The number of anilines is 1. The summed E-state index contributed by atoms with van der Waals surface area (Å²) in [5.41, 5.74) is 7.45. The molecule has 156 valence electrons. The van der Waals surface area contributed by atoms with E-state index in [0.29, 0.717) is 41.5 Å². The third kappa shape index (κ3) is 3.98. The predicted octanol–water partition coefficient (Wildman–Crippen LogP) is 1.34. The minimum Gasteiger partial charge on any atom is -0.443 e. The average Bonchev–Trinajstić information content (AvgIpc) is 3.34. The van der Waals surface area contributed by atoms with Crippen LogP contribution in [0.5, 0.6) is 0 Å². The SMILES string of the molecule is CN(C)Cn1nnc(-c2ccc(-c3ccc(N4C[C@H](CN)OC4=O)cc3F)cn2)n1. The van der Waals surface area contributed by atoms with Gasteiger partial charge in [0.05, 0.1) is 12.2 Å². The molecule has 2 aromatic heterocycles. The van der Waals surface area contributed by atoms with Crippen molar-refractivity contribution < 1.29 is 13.9 Å². The number of pyridine rings is 1. The Balaban J connectivity index is 1.53. The van der Waals surface area contributed by atoms with Crippen LogP contribution in [0, 0.1) is 5.82 Å². The first-order chi connectivity index (χ1) is 14.4. The molecular weight excluding hydrogens is 391 g/mol. The molecule has 0 unspecified atom stereocenters. The molecule has 0 spiro atoms. The van der Waals surface area contributed by atoms with E-state index in [4.69, 9.17) is 10.5 Å². The molecule has 1 amide bonds. The summed E-state index contributed by atoms with van der Waals surface area (Å²) >= 11 is 0. The summed E-state index contributed by atoms with van der Waals surface area (Å²) in [5, 5.41) is 12.2. The molecule has 2 N–H and O–H groups in total. The van der Waals surface area contributed by atoms with Crippen molar-refractivity contribution in [3.63, 3.8) is 0 Å². The number of cyclic esters (lactones) is 1. The highest BCUT2D eigenvalue weighted by atomic mass is 19.1. The van der Waals surface area contributed by atoms with Crippen LogP contribution in [0.4, 0.5) is 14.9 Å². The maximum absolute atomic E-state index is 14.8. The number of carbonyl (C=O) groups is 1. The van der Waals surface area contributed by atoms with E-state index in [1.54, 1.807) is 30.5 Å². The topological polar surface area (TPSA) is 115 Å². The van der Waals surface area contributed by atoms with E-state index in [-0.39, 0.29) is 12.6 Å². The molecule has 1 fully saturated rings. The normalized spacial score (nSPS) is 16.4. The lowest BCUT2D eigenvalue weighted by Gasteiger charge is -2.14. The second-order valence-electron chi connectivity index (χ2n) is 7.15. The van der Waals surface area contributed by atoms with Crippen LogP contribution in [0.2, 0.25) is 0 Å². The molecule has 10 nitrogen and oxygen atoms in total. The van der Waals surface area contributed by atoms with Crippen molar-refractivity contribution in [2.75, 3.05) is 32.1 Å². The maximum atomic E-state index is 14.8. The van der Waals surface area contributed by atoms with Gasteiger partial charge in [-0.25, -0.2) is 9.18 Å². The predicted molar refractivity (Wildman–Crippen MR) is 107 cm³/mol. The quantitative estimate of drug-likeness (QED) is 0.645. The average molecular weight is 412 g/mol. The Labute approximate surface area is 172 Å². The molecule has 1 atom stereocenters. The van der Waals surface area contributed by atoms with E-state index in [2.05, 4.69) is 20.4 Å². The summed E-state index contributed by atoms with van der Waals surface area (Å²) in [4.78, 5) is 21.0. The van der Waals surface area contributed by atoms with E-state index >= 15 is 0 Å². The summed E-state index contributed by atoms with van der Waals surface area (Å²) in [6.45, 7) is 1.02. The minimum atomic E-state index is -0.529. The van der Waals surface area contributed by atoms with Gasteiger partial charge in [0.1, 0.15) is 24.3 Å². The van der Waals surface area contributed by atoms with E-state index in [1.807, 2.05) is 19.0 Å². The van der Waals surface area contributed by atoms with Crippen LogP contribution < -0.4 is 10.6 Å². The minimum absolute atomic E-state index is 0.221. The standard InChI is InChI=1S/C19H21FN8O2/c1-26(2)11-28-24-18(23-25-28)17-6-3-12(9-22-17)15-5-4-13(7-16(15)20)27-10-14(8-21)30-19(27)29/h3-7,9,14H,8,10-11,21H2,1-2H3/t14-/m0/s1. The van der Waals surface area contributed by atoms with Gasteiger partial charge in [0.15, 0.2) is 0 Å². The van der Waals surface area contributed by atoms with Crippen LogP contribution in [0.15, 0.2) is 36.5 Å². The Kier molecular flexibility index (Phi) is 5.38. The number of amides is 1. The first-order valence-electron chi connectivity index (χ1n) is 9.31. The second kappa shape index (κ2) is 8.13. The number of nitrogens with two attached hydrogens (primary N) is 1. The number of nitrogens with zero attached hydrogens (tertiary/aromatic N) is 7. The Morgan fingerprint density at radius 3 is 2.77 bits per heavy atom. The van der Waals surface area contributed by atoms with Crippen molar-refractivity contribution in [2.24, 2.45) is 5.73 Å². The molecule has 0 aliphatic carbocycles. The smallest absolute Gasteiger partial charge is 0.414 e. The molecule has 1 aliphatic rings. The fourth-order valence-corrected chi connectivity index (χ4v) is 3.11. The fourth-order valence-electron chi connectivity index (χ4n) is 3.11. The first kappa shape index (κ1) is 19.9. The lowest BCUT2D eigenvalue weighted by Crippen LogP contribution is -2.27. The fraction of sp³-hybridized carbons (Fsp3) is 0.316. The Hall–Kier alpha value is -3.44. The van der Waals surface area contributed by atoms with Crippen LogP contribution >= 0.6 is 0 Å². The monoisotopic (exact) mass is 412 g/mol. The number of carbonyl (C=O) groups excluding carboxylic acids is 1. The first-order valence-corrected chi connectivity index (χ1v) is 9.31. The Morgan fingerprint density at radius 1 is 1.30 bits per heavy atom. The summed E-state index contributed by atoms with van der Waals surface area (Å²) < 4.78 is 19.9. The summed E-state index contributed by atoms with van der Waals surface area (Å²) in [7, 11) is 3.80. The molecular formula is C19H21FN8O2. The molecule has 1 saturated heterocycles. The van der Waals surface area contributed by atoms with E-state index < -0.39 is 11.9 Å². The molecule has 0 radical (unpaired) electrons. The Morgan fingerprint density at radius 2 is 2.13 bits per heavy atom. The van der Waals surface area contributed by atoms with Crippen LogP contribution in [0.3, 0.4) is 0 Å². The largest absolute Gasteiger partial charge is 0.443 e. The van der Waals surface area contributed by atoms with E-state index in [9.17, 15) is 9.18 Å². The van der Waals surface area contributed by atoms with Gasteiger partial charge in [-0.2, -0.15) is 0 Å². The van der Waals surface area contributed by atoms with Crippen molar-refractivity contribution in [1.82, 2.24) is 30.1 Å². The maximum Gasteiger partial charge on any atom is 0.414 e. The highest BCUT2D eigenvalue weighted by Gasteiger charge is 2.31. The van der Waals surface area contributed by atoms with Gasteiger partial charge in [-0.1, -0.05) is 6.07 Å². The molecule has 0 bridgehead atoms. The highest BCUT2D eigenvalue weighted by molar-refractivity contribution is 5.90. The van der Waals surface area contributed by atoms with E-state index in [0.717, 1.165) is 0 Å². The number of benzene rings is 1. The van der Waals surface area contributed by atoms with Crippen LogP contribution in [0.25, 0.3) is 22.6 Å². The van der Waals surface area contributed by atoms with Crippen LogP contribution in [0.1, 0.15) is 0 Å². The van der Waals surface area contributed by atoms with E-state index in [1.165, 1.54) is 15.8 Å². The summed E-state index contributed by atoms with van der Waals surface area (Å²) in [5.74, 6) is -0.0812. The number of halogens is 1. The number of hydrogen-bond donors (Lipinski definition) is 1. The molecule has 3 aromatic rings. The number of ether oxygens (including phenoxy) is 1. The van der Waals surface area contributed by atoms with Gasteiger partial charge in [0.2, 0.25) is 5.82 Å². The highest BCUT2D eigenvalue weighted by Crippen LogP contribution is 2.29. The van der Waals surface area contributed by atoms with Crippen molar-refractivity contribution in [1.29, 1.82) is 0 Å². The van der Waals surface area contributed by atoms with Gasteiger partial charge in [0.25, 0.3) is 0 Å². The van der Waals surface area contributed by atoms with Crippen molar-refractivity contribution in [3.8, 4) is 22.6 Å². The zero-order valence-electron chi connectivity index (χ0n) is 16.6. The van der Waals surface area contributed by atoms with Gasteiger partial charge in [-0.05, 0) is 43.6 Å². The van der Waals surface area contributed by atoms with Gasteiger partial charge in [0, 0.05) is 23.9 Å². The molecule has 1 aromatic carbocycles. The molecule has 4 rings (SSSR count). The molecule has 1 aliphatic heterocycles. The van der Waals surface area contributed by atoms with Gasteiger partial charge >= 0.3 is 6.09 Å². The van der Waals surface area contributed by atoms with Gasteiger partial charge in [-0.3, -0.25) is 14.8 Å². The molecule has 11 heteroatoms. The summed E-state index contributed by atoms with van der Waals surface area (Å²) in [6, 6.07) is 8.03. The van der Waals surface area contributed by atoms with Crippen molar-refractivity contribution >= 4 is 11.8 Å². The number of tetrazole rings is 1. The zero-order chi connectivity index (χ0) is 21.3. The lowest BCUT2D eigenvalue weighted by molar-refractivity contribution is 0.145. The molecule has 3 heterocycles. The second-order valence-corrected chi connectivity index (χ2v) is 7.15. The van der Waals surface area contributed by atoms with Crippen molar-refractivity contribution in [3.05, 3.63) is 42.3 Å². The molecule has 30 heavy (non-hydrogen) atoms. The number of rotatable bonds is 6. The van der Waals surface area contributed by atoms with Crippen molar-refractivity contribution in [2.45, 2.75) is 12.8 Å². The lowest BCUT2D eigenvalue weighted by atomic mass is 10.1. The molecule has 0 saturated carbocycles. The zero-order valence-corrected chi connectivity index (χ0v) is 16.6. The number of aromatic nitrogens is 5. The third-order valence-electron chi connectivity index (χ3n) is 4.57. The number of hydrogen-bond acceptors (Lipinski definition) is 8.